The largest absolute Gasteiger partial charge is 0.487 e. The summed E-state index contributed by atoms with van der Waals surface area (Å²) in [6.45, 7) is 2.39. The number of carbonyl (C=O) groups is 1. The number of aromatic nitrogens is 1. The fraction of sp³-hybridized carbons (Fsp3) is 0.333. The van der Waals surface area contributed by atoms with E-state index < -0.39 is 23.9 Å². The Balaban J connectivity index is 1.22. The first kappa shape index (κ1) is 29.0. The molecule has 1 aliphatic carbocycles. The SMILES string of the molecule is CCc1ccc2c(c1)[C@@H](NC[C@@H](O)[C@H](Cc1ccccc1)NC(=O)c1cccc(-c3ccccn3)c1F)CC1(CCC1)O2. The van der Waals surface area contributed by atoms with Crippen LogP contribution in [0.3, 0.4) is 0 Å². The van der Waals surface area contributed by atoms with E-state index in [0.29, 0.717) is 12.1 Å². The highest BCUT2D eigenvalue weighted by molar-refractivity contribution is 5.96. The molecule has 0 saturated heterocycles. The minimum absolute atomic E-state index is 0.0192. The minimum Gasteiger partial charge on any atom is -0.487 e. The minimum atomic E-state index is -0.927. The number of aliphatic hydroxyl groups excluding tert-OH is 1. The number of aliphatic hydroxyl groups is 1. The third kappa shape index (κ3) is 6.33. The van der Waals surface area contributed by atoms with Gasteiger partial charge in [-0.25, -0.2) is 4.39 Å². The highest BCUT2D eigenvalue weighted by Gasteiger charge is 2.45. The van der Waals surface area contributed by atoms with Gasteiger partial charge in [0, 0.05) is 36.3 Å². The Morgan fingerprint density at radius 2 is 1.86 bits per heavy atom. The zero-order valence-corrected chi connectivity index (χ0v) is 24.4. The standard InChI is InChI=1S/C36H38FN3O3/c1-2-24-15-16-33-28(20-24)31(22-36(43-33)17-9-18-36)39-23-32(41)30(21-25-10-4-3-5-11-25)40-35(42)27-13-8-12-26(34(27)37)29-14-6-7-19-38-29/h3-8,10-16,19-20,30-32,39,41H,2,9,17-18,21-23H2,1H3,(H,40,42)/t30-,31-,32+/m0/s1. The summed E-state index contributed by atoms with van der Waals surface area (Å²) >= 11 is 0. The van der Waals surface area contributed by atoms with Crippen LogP contribution in [0.2, 0.25) is 0 Å². The summed E-state index contributed by atoms with van der Waals surface area (Å²) in [5.41, 5.74) is 3.78. The number of hydrogen-bond acceptors (Lipinski definition) is 5. The van der Waals surface area contributed by atoms with E-state index in [1.165, 1.54) is 11.6 Å². The summed E-state index contributed by atoms with van der Waals surface area (Å²) in [5, 5.41) is 18.1. The van der Waals surface area contributed by atoms with Gasteiger partial charge < -0.3 is 20.5 Å². The first-order chi connectivity index (χ1) is 20.9. The molecule has 2 heterocycles. The molecule has 222 valence electrons. The van der Waals surface area contributed by atoms with Crippen molar-refractivity contribution in [1.29, 1.82) is 0 Å². The molecule has 7 heteroatoms. The number of pyridine rings is 1. The monoisotopic (exact) mass is 579 g/mol. The van der Waals surface area contributed by atoms with E-state index in [1.807, 2.05) is 30.3 Å². The molecule has 1 aliphatic heterocycles. The van der Waals surface area contributed by atoms with Crippen molar-refractivity contribution in [2.45, 2.75) is 69.2 Å². The molecule has 3 aromatic carbocycles. The smallest absolute Gasteiger partial charge is 0.254 e. The molecule has 1 spiro atoms. The van der Waals surface area contributed by atoms with E-state index in [-0.39, 0.29) is 29.3 Å². The lowest BCUT2D eigenvalue weighted by atomic mass is 9.72. The third-order valence-corrected chi connectivity index (χ3v) is 8.86. The van der Waals surface area contributed by atoms with Crippen molar-refractivity contribution >= 4 is 5.91 Å². The van der Waals surface area contributed by atoms with Gasteiger partial charge in [0.25, 0.3) is 5.91 Å². The van der Waals surface area contributed by atoms with Crippen LogP contribution in [0.5, 0.6) is 5.75 Å². The van der Waals surface area contributed by atoms with E-state index in [1.54, 1.807) is 36.5 Å². The highest BCUT2D eigenvalue weighted by Crippen LogP contribution is 2.49. The zero-order valence-electron chi connectivity index (χ0n) is 24.4. The Hall–Kier alpha value is -4.07. The maximum absolute atomic E-state index is 15.6. The number of benzene rings is 3. The summed E-state index contributed by atoms with van der Waals surface area (Å²) in [7, 11) is 0. The van der Waals surface area contributed by atoms with E-state index in [4.69, 9.17) is 4.74 Å². The van der Waals surface area contributed by atoms with Gasteiger partial charge in [0.15, 0.2) is 0 Å². The summed E-state index contributed by atoms with van der Waals surface area (Å²) < 4.78 is 22.1. The van der Waals surface area contributed by atoms with Crippen molar-refractivity contribution in [1.82, 2.24) is 15.6 Å². The Bertz CT molecular complexity index is 1560. The number of amides is 1. The number of fused-ring (bicyclic) bond motifs is 1. The molecule has 1 saturated carbocycles. The van der Waals surface area contributed by atoms with Crippen LogP contribution in [0, 0.1) is 5.82 Å². The van der Waals surface area contributed by atoms with Gasteiger partial charge in [-0.2, -0.15) is 0 Å². The maximum atomic E-state index is 15.6. The van der Waals surface area contributed by atoms with Crippen LogP contribution < -0.4 is 15.4 Å². The summed E-state index contributed by atoms with van der Waals surface area (Å²) in [4.78, 5) is 17.7. The number of hydrogen-bond donors (Lipinski definition) is 3. The first-order valence-electron chi connectivity index (χ1n) is 15.2. The fourth-order valence-corrected chi connectivity index (χ4v) is 6.23. The van der Waals surface area contributed by atoms with Crippen LogP contribution in [-0.4, -0.2) is 40.3 Å². The van der Waals surface area contributed by atoms with Crippen LogP contribution in [0.1, 0.15) is 65.7 Å². The summed E-state index contributed by atoms with van der Waals surface area (Å²) in [6.07, 6.45) is 6.03. The number of ether oxygens (including phenoxy) is 1. The van der Waals surface area contributed by atoms with Gasteiger partial charge in [0.05, 0.1) is 23.4 Å². The lowest BCUT2D eigenvalue weighted by molar-refractivity contribution is -0.0382. The number of aryl methyl sites for hydroxylation is 1. The molecule has 1 fully saturated rings. The zero-order chi connectivity index (χ0) is 29.8. The van der Waals surface area contributed by atoms with Gasteiger partial charge >= 0.3 is 0 Å². The quantitative estimate of drug-likeness (QED) is 0.209. The second kappa shape index (κ2) is 12.7. The number of halogens is 1. The van der Waals surface area contributed by atoms with Gasteiger partial charge in [0.1, 0.15) is 17.2 Å². The van der Waals surface area contributed by atoms with Gasteiger partial charge in [0.2, 0.25) is 0 Å². The van der Waals surface area contributed by atoms with Crippen molar-refractivity contribution in [3.05, 3.63) is 119 Å². The van der Waals surface area contributed by atoms with Crippen LogP contribution in [-0.2, 0) is 12.8 Å². The molecular weight excluding hydrogens is 541 g/mol. The van der Waals surface area contributed by atoms with Gasteiger partial charge in [-0.1, -0.05) is 61.5 Å². The van der Waals surface area contributed by atoms with Crippen molar-refractivity contribution in [3.63, 3.8) is 0 Å². The summed E-state index contributed by atoms with van der Waals surface area (Å²) in [6, 6.07) is 25.4. The number of nitrogens with zero attached hydrogens (tertiary/aromatic N) is 1. The molecular formula is C36H38FN3O3. The lowest BCUT2D eigenvalue weighted by Crippen LogP contribution is -2.52. The molecule has 3 atom stereocenters. The fourth-order valence-electron chi connectivity index (χ4n) is 6.23. The van der Waals surface area contributed by atoms with Crippen LogP contribution in [0.4, 0.5) is 4.39 Å². The predicted molar refractivity (Wildman–Crippen MR) is 165 cm³/mol. The molecule has 0 unspecified atom stereocenters. The molecule has 3 N–H and O–H groups in total. The topological polar surface area (TPSA) is 83.5 Å². The molecule has 6 rings (SSSR count). The average molecular weight is 580 g/mol. The molecule has 0 bridgehead atoms. The van der Waals surface area contributed by atoms with Crippen molar-refractivity contribution in [3.8, 4) is 17.0 Å². The second-order valence-electron chi connectivity index (χ2n) is 11.7. The number of carbonyl (C=O) groups excluding carboxylic acids is 1. The van der Waals surface area contributed by atoms with Crippen LogP contribution >= 0.6 is 0 Å². The van der Waals surface area contributed by atoms with Crippen molar-refractivity contribution in [2.24, 2.45) is 0 Å². The number of nitrogens with one attached hydrogen (secondary N) is 2. The Morgan fingerprint density at radius 1 is 1.05 bits per heavy atom. The molecule has 0 radical (unpaired) electrons. The highest BCUT2D eigenvalue weighted by atomic mass is 19.1. The predicted octanol–water partition coefficient (Wildman–Crippen LogP) is 6.19. The molecule has 6 nitrogen and oxygen atoms in total. The summed E-state index contributed by atoms with van der Waals surface area (Å²) in [5.74, 6) is -0.304. The molecule has 1 amide bonds. The Labute approximate surface area is 252 Å². The van der Waals surface area contributed by atoms with Gasteiger partial charge in [-0.15, -0.1) is 0 Å². The van der Waals surface area contributed by atoms with Crippen molar-refractivity contribution in [2.75, 3.05) is 6.54 Å². The average Bonchev–Trinajstić information content (AvgIpc) is 3.03. The maximum Gasteiger partial charge on any atom is 0.254 e. The van der Waals surface area contributed by atoms with Crippen LogP contribution in [0.15, 0.2) is 91.1 Å². The molecule has 43 heavy (non-hydrogen) atoms. The normalized spacial score (nSPS) is 18.2. The third-order valence-electron chi connectivity index (χ3n) is 8.86. The Morgan fingerprint density at radius 3 is 2.58 bits per heavy atom. The Kier molecular flexibility index (Phi) is 8.54. The second-order valence-corrected chi connectivity index (χ2v) is 11.7. The van der Waals surface area contributed by atoms with Crippen LogP contribution in [0.25, 0.3) is 11.3 Å². The van der Waals surface area contributed by atoms with E-state index in [0.717, 1.165) is 49.0 Å². The van der Waals surface area contributed by atoms with Gasteiger partial charge in [-0.3, -0.25) is 9.78 Å². The first-order valence-corrected chi connectivity index (χ1v) is 15.2. The molecule has 1 aromatic heterocycles. The van der Waals surface area contributed by atoms with Crippen molar-refractivity contribution < 1.29 is 19.0 Å². The van der Waals surface area contributed by atoms with E-state index in [9.17, 15) is 9.90 Å². The molecule has 2 aliphatic rings. The van der Waals surface area contributed by atoms with E-state index >= 15 is 4.39 Å². The lowest BCUT2D eigenvalue weighted by Gasteiger charge is -2.48. The van der Waals surface area contributed by atoms with Gasteiger partial charge in [-0.05, 0) is 73.6 Å². The number of rotatable bonds is 10. The van der Waals surface area contributed by atoms with E-state index in [2.05, 4.69) is 40.7 Å². The molecule has 4 aromatic rings.